The number of Topliss-reactive ketones (excluding diaryl/α,β-unsaturated/α-hetero) is 1. The van der Waals surface area contributed by atoms with E-state index in [0.717, 1.165) is 0 Å². The Morgan fingerprint density at radius 2 is 1.91 bits per heavy atom. The first-order chi connectivity index (χ1) is 16.1. The van der Waals surface area contributed by atoms with E-state index in [4.69, 9.17) is 14.2 Å². The van der Waals surface area contributed by atoms with Crippen molar-refractivity contribution in [3.05, 3.63) is 62.0 Å². The third kappa shape index (κ3) is 4.58. The SMILES string of the molecule is COCCOC(=O)C1=C(C)NC2=C(C(=O)[C@@H](C(=O)OC)[C@@H](C)C2)[C@@H]1c1ccc(C)c([N+](=O)[O-])c1. The molecular weight excluding hydrogens is 444 g/mol. The Bertz CT molecular complexity index is 1100. The molecule has 0 radical (unpaired) electrons. The van der Waals surface area contributed by atoms with Crippen LogP contribution in [0, 0.1) is 28.9 Å². The number of nitrogens with zero attached hydrogens (tertiary/aromatic N) is 1. The van der Waals surface area contributed by atoms with Gasteiger partial charge in [-0.3, -0.25) is 19.7 Å². The first-order valence-corrected chi connectivity index (χ1v) is 10.9. The summed E-state index contributed by atoms with van der Waals surface area (Å²) in [7, 11) is 2.69. The van der Waals surface area contributed by atoms with E-state index in [9.17, 15) is 24.5 Å². The van der Waals surface area contributed by atoms with Crippen molar-refractivity contribution in [2.45, 2.75) is 33.1 Å². The van der Waals surface area contributed by atoms with Gasteiger partial charge in [0.15, 0.2) is 5.78 Å². The fraction of sp³-hybridized carbons (Fsp3) is 0.458. The Labute approximate surface area is 197 Å². The van der Waals surface area contributed by atoms with Crippen LogP contribution in [-0.2, 0) is 28.6 Å². The van der Waals surface area contributed by atoms with E-state index >= 15 is 0 Å². The molecule has 0 saturated carbocycles. The molecule has 1 aromatic carbocycles. The number of aryl methyl sites for hydroxylation is 1. The second-order valence-corrected chi connectivity index (χ2v) is 8.47. The van der Waals surface area contributed by atoms with E-state index in [2.05, 4.69) is 5.32 Å². The van der Waals surface area contributed by atoms with Crippen LogP contribution < -0.4 is 5.32 Å². The standard InChI is InChI=1S/C24H28N2O8/c1-12-6-7-15(11-17(12)26(30)31)20-19(24(29)34-9-8-32-4)14(3)25-16-10-13(2)18(23(28)33-5)22(27)21(16)20/h6-7,11,13,18,20,25H,8-10H2,1-5H3/t13-,18-,20+/m0/s1. The van der Waals surface area contributed by atoms with E-state index < -0.39 is 34.5 Å². The molecule has 0 amide bonds. The number of benzene rings is 1. The Morgan fingerprint density at radius 3 is 2.53 bits per heavy atom. The van der Waals surface area contributed by atoms with E-state index in [-0.39, 0.29) is 36.0 Å². The maximum absolute atomic E-state index is 13.6. The van der Waals surface area contributed by atoms with Crippen molar-refractivity contribution >= 4 is 23.4 Å². The number of carbonyl (C=O) groups is 3. The van der Waals surface area contributed by atoms with Crippen LogP contribution in [0.3, 0.4) is 0 Å². The maximum atomic E-state index is 13.6. The molecule has 0 saturated heterocycles. The Morgan fingerprint density at radius 1 is 1.21 bits per heavy atom. The molecule has 34 heavy (non-hydrogen) atoms. The van der Waals surface area contributed by atoms with Crippen molar-refractivity contribution in [2.75, 3.05) is 27.4 Å². The van der Waals surface area contributed by atoms with Crippen molar-refractivity contribution in [3.8, 4) is 0 Å². The lowest BCUT2D eigenvalue weighted by atomic mass is 9.69. The number of ketones is 1. The minimum absolute atomic E-state index is 0.00541. The van der Waals surface area contributed by atoms with E-state index in [0.29, 0.717) is 28.9 Å². The zero-order chi connectivity index (χ0) is 25.2. The summed E-state index contributed by atoms with van der Waals surface area (Å²) in [4.78, 5) is 50.3. The number of nitrogens with one attached hydrogen (secondary N) is 1. The largest absolute Gasteiger partial charge is 0.468 e. The Kier molecular flexibility index (Phi) is 7.51. The molecule has 1 N–H and O–H groups in total. The van der Waals surface area contributed by atoms with Crippen LogP contribution in [-0.4, -0.2) is 50.1 Å². The molecule has 0 fully saturated rings. The highest BCUT2D eigenvalue weighted by Crippen LogP contribution is 2.46. The van der Waals surface area contributed by atoms with Gasteiger partial charge in [-0.2, -0.15) is 0 Å². The summed E-state index contributed by atoms with van der Waals surface area (Å²) in [6.07, 6.45) is 0.370. The van der Waals surface area contributed by atoms with Gasteiger partial charge in [0.2, 0.25) is 0 Å². The molecule has 2 aliphatic rings. The van der Waals surface area contributed by atoms with Gasteiger partial charge in [0.05, 0.1) is 24.2 Å². The molecule has 10 nitrogen and oxygen atoms in total. The molecule has 1 aromatic rings. The normalized spacial score (nSPS) is 22.1. The molecule has 1 aliphatic heterocycles. The van der Waals surface area contributed by atoms with Crippen molar-refractivity contribution in [2.24, 2.45) is 11.8 Å². The van der Waals surface area contributed by atoms with Crippen LogP contribution in [0.15, 0.2) is 40.7 Å². The van der Waals surface area contributed by atoms with Gasteiger partial charge >= 0.3 is 11.9 Å². The summed E-state index contributed by atoms with van der Waals surface area (Å²) >= 11 is 0. The molecule has 10 heteroatoms. The zero-order valence-electron chi connectivity index (χ0n) is 19.8. The van der Waals surface area contributed by atoms with Crippen molar-refractivity contribution in [1.82, 2.24) is 5.32 Å². The predicted octanol–water partition coefficient (Wildman–Crippen LogP) is 2.71. The highest BCUT2D eigenvalue weighted by molar-refractivity contribution is 6.12. The van der Waals surface area contributed by atoms with Gasteiger partial charge in [0.25, 0.3) is 5.69 Å². The van der Waals surface area contributed by atoms with Crippen molar-refractivity contribution in [3.63, 3.8) is 0 Å². The van der Waals surface area contributed by atoms with Gasteiger partial charge in [0, 0.05) is 41.6 Å². The van der Waals surface area contributed by atoms with Gasteiger partial charge in [-0.15, -0.1) is 0 Å². The summed E-state index contributed by atoms with van der Waals surface area (Å²) in [5.74, 6) is -4.13. The number of carbonyl (C=O) groups excluding carboxylic acids is 3. The highest BCUT2D eigenvalue weighted by Gasteiger charge is 2.47. The Balaban J connectivity index is 2.19. The van der Waals surface area contributed by atoms with Gasteiger partial charge < -0.3 is 19.5 Å². The third-order valence-electron chi connectivity index (χ3n) is 6.25. The van der Waals surface area contributed by atoms with Gasteiger partial charge in [-0.05, 0) is 31.7 Å². The molecular formula is C24H28N2O8. The van der Waals surface area contributed by atoms with Crippen LogP contribution in [0.4, 0.5) is 5.69 Å². The van der Waals surface area contributed by atoms with Crippen LogP contribution in [0.5, 0.6) is 0 Å². The number of hydrogen-bond donors (Lipinski definition) is 1. The first kappa shape index (κ1) is 25.1. The van der Waals surface area contributed by atoms with Crippen LogP contribution in [0.1, 0.15) is 37.3 Å². The number of ether oxygens (including phenoxy) is 3. The molecule has 1 aliphatic carbocycles. The van der Waals surface area contributed by atoms with Gasteiger partial charge in [0.1, 0.15) is 12.5 Å². The number of hydrogen-bond acceptors (Lipinski definition) is 9. The van der Waals surface area contributed by atoms with E-state index in [1.54, 1.807) is 32.9 Å². The second kappa shape index (κ2) is 10.2. The quantitative estimate of drug-likeness (QED) is 0.209. The third-order valence-corrected chi connectivity index (χ3v) is 6.25. The van der Waals surface area contributed by atoms with Crippen molar-refractivity contribution < 1.29 is 33.5 Å². The lowest BCUT2D eigenvalue weighted by Crippen LogP contribution is -2.43. The molecule has 0 spiro atoms. The summed E-state index contributed by atoms with van der Waals surface area (Å²) in [5.41, 5.74) is 2.12. The number of esters is 2. The number of nitro benzene ring substituents is 1. The lowest BCUT2D eigenvalue weighted by molar-refractivity contribution is -0.385. The minimum atomic E-state index is -1.04. The van der Waals surface area contributed by atoms with Crippen LogP contribution in [0.25, 0.3) is 0 Å². The number of rotatable bonds is 7. The molecule has 1 heterocycles. The lowest BCUT2D eigenvalue weighted by Gasteiger charge is -2.38. The number of nitro groups is 1. The first-order valence-electron chi connectivity index (χ1n) is 10.9. The number of methoxy groups -OCH3 is 2. The molecule has 182 valence electrons. The summed E-state index contributed by atoms with van der Waals surface area (Å²) in [6.45, 7) is 5.25. The van der Waals surface area contributed by atoms with Gasteiger partial charge in [-0.1, -0.05) is 19.1 Å². The molecule has 0 unspecified atom stereocenters. The van der Waals surface area contributed by atoms with E-state index in [1.165, 1.54) is 20.3 Å². The predicted molar refractivity (Wildman–Crippen MR) is 121 cm³/mol. The average Bonchev–Trinajstić information content (AvgIpc) is 2.78. The van der Waals surface area contributed by atoms with Crippen molar-refractivity contribution in [1.29, 1.82) is 0 Å². The molecule has 0 bridgehead atoms. The second-order valence-electron chi connectivity index (χ2n) is 8.47. The van der Waals surface area contributed by atoms with Crippen LogP contribution in [0.2, 0.25) is 0 Å². The average molecular weight is 472 g/mol. The monoisotopic (exact) mass is 472 g/mol. The number of allylic oxidation sites excluding steroid dienone is 3. The maximum Gasteiger partial charge on any atom is 0.336 e. The smallest absolute Gasteiger partial charge is 0.336 e. The van der Waals surface area contributed by atoms with Crippen LogP contribution >= 0.6 is 0 Å². The number of dihydropyridines is 1. The van der Waals surface area contributed by atoms with E-state index in [1.807, 2.05) is 0 Å². The topological polar surface area (TPSA) is 134 Å². The fourth-order valence-corrected chi connectivity index (χ4v) is 4.58. The molecule has 0 aromatic heterocycles. The molecule has 3 atom stereocenters. The fourth-order valence-electron chi connectivity index (χ4n) is 4.58. The Hall–Kier alpha value is -3.53. The molecule has 3 rings (SSSR count). The zero-order valence-corrected chi connectivity index (χ0v) is 19.8. The minimum Gasteiger partial charge on any atom is -0.468 e. The van der Waals surface area contributed by atoms with Gasteiger partial charge in [-0.25, -0.2) is 4.79 Å². The summed E-state index contributed by atoms with van der Waals surface area (Å²) in [6, 6.07) is 4.59. The highest BCUT2D eigenvalue weighted by atomic mass is 16.6. The summed E-state index contributed by atoms with van der Waals surface area (Å²) in [5, 5.41) is 14.8. The summed E-state index contributed by atoms with van der Waals surface area (Å²) < 4.78 is 15.2.